The fourth-order valence-electron chi connectivity index (χ4n) is 4.21. The van der Waals surface area contributed by atoms with Crippen molar-refractivity contribution < 1.29 is 4.74 Å². The lowest BCUT2D eigenvalue weighted by Gasteiger charge is -2.43. The van der Waals surface area contributed by atoms with E-state index in [1.807, 2.05) is 4.52 Å². The number of hydrogen-bond donors (Lipinski definition) is 1. The number of anilines is 1. The molecule has 2 aromatic rings. The monoisotopic (exact) mass is 355 g/mol. The van der Waals surface area contributed by atoms with Gasteiger partial charge in [-0.3, -0.25) is 0 Å². The molecule has 6 nitrogen and oxygen atoms in total. The largest absolute Gasteiger partial charge is 0.369 e. The highest BCUT2D eigenvalue weighted by Crippen LogP contribution is 2.42. The van der Waals surface area contributed by atoms with Gasteiger partial charge in [0.15, 0.2) is 11.5 Å². The van der Waals surface area contributed by atoms with Crippen LogP contribution in [0.4, 0.5) is 5.69 Å². The topological polar surface area (TPSA) is 68.7 Å². The van der Waals surface area contributed by atoms with E-state index in [1.165, 1.54) is 11.3 Å². The van der Waals surface area contributed by atoms with E-state index in [0.717, 1.165) is 43.6 Å². The zero-order valence-electron chi connectivity index (χ0n) is 16.2. The van der Waals surface area contributed by atoms with Crippen LogP contribution in [0.2, 0.25) is 0 Å². The lowest BCUT2D eigenvalue weighted by atomic mass is 9.74. The molecule has 3 heterocycles. The first-order chi connectivity index (χ1) is 12.3. The van der Waals surface area contributed by atoms with Crippen LogP contribution in [0.1, 0.15) is 44.5 Å². The van der Waals surface area contributed by atoms with Crippen LogP contribution < -0.4 is 10.6 Å². The Balaban J connectivity index is 1.70. The van der Waals surface area contributed by atoms with Crippen LogP contribution in [0.25, 0.3) is 5.65 Å². The lowest BCUT2D eigenvalue weighted by molar-refractivity contribution is -0.102. The van der Waals surface area contributed by atoms with E-state index in [4.69, 9.17) is 20.6 Å². The van der Waals surface area contributed by atoms with Crippen LogP contribution in [-0.4, -0.2) is 40.8 Å². The Hall–Kier alpha value is -1.92. The standard InChI is InChI=1S/C20H29N5O/c1-13(2)19(4)8-9-24(12-19)15-10-14(3)17-22-18(23-25(17)11-15)20(26-5)7-6-16(20)21/h10-11,16H,1,6-9,12,21H2,2-5H3/t16?,19-,20?/m0/s1. The van der Waals surface area contributed by atoms with E-state index in [1.54, 1.807) is 7.11 Å². The molecule has 0 spiro atoms. The highest BCUT2D eigenvalue weighted by Gasteiger charge is 2.50. The average Bonchev–Trinajstić information content (AvgIpc) is 3.20. The maximum atomic E-state index is 6.22. The molecule has 2 fully saturated rings. The molecule has 2 aromatic heterocycles. The number of fused-ring (bicyclic) bond motifs is 1. The van der Waals surface area contributed by atoms with Gasteiger partial charge < -0.3 is 15.4 Å². The van der Waals surface area contributed by atoms with Crippen LogP contribution in [0.15, 0.2) is 24.4 Å². The molecule has 1 saturated heterocycles. The van der Waals surface area contributed by atoms with E-state index >= 15 is 0 Å². The van der Waals surface area contributed by atoms with Gasteiger partial charge in [-0.1, -0.05) is 19.1 Å². The molecule has 0 aromatic carbocycles. The van der Waals surface area contributed by atoms with Gasteiger partial charge in [0.25, 0.3) is 0 Å². The minimum atomic E-state index is -0.537. The third kappa shape index (κ3) is 2.39. The molecular formula is C20H29N5O. The summed E-state index contributed by atoms with van der Waals surface area (Å²) in [6, 6.07) is 2.16. The number of methoxy groups -OCH3 is 1. The second-order valence-corrected chi connectivity index (χ2v) is 8.34. The van der Waals surface area contributed by atoms with Gasteiger partial charge in [-0.05, 0) is 44.7 Å². The fourth-order valence-corrected chi connectivity index (χ4v) is 4.21. The third-order valence-electron chi connectivity index (χ3n) is 6.64. The van der Waals surface area contributed by atoms with Crippen molar-refractivity contribution in [2.75, 3.05) is 25.1 Å². The first-order valence-electron chi connectivity index (χ1n) is 9.38. The molecule has 4 rings (SSSR count). The summed E-state index contributed by atoms with van der Waals surface area (Å²) < 4.78 is 7.63. The van der Waals surface area contributed by atoms with Crippen LogP contribution in [-0.2, 0) is 10.3 Å². The van der Waals surface area contributed by atoms with Crippen LogP contribution in [0.5, 0.6) is 0 Å². The summed E-state index contributed by atoms with van der Waals surface area (Å²) in [7, 11) is 1.70. The maximum Gasteiger partial charge on any atom is 0.185 e. The average molecular weight is 355 g/mol. The quantitative estimate of drug-likeness (QED) is 0.854. The van der Waals surface area contributed by atoms with E-state index in [-0.39, 0.29) is 11.5 Å². The highest BCUT2D eigenvalue weighted by atomic mass is 16.5. The first-order valence-corrected chi connectivity index (χ1v) is 9.38. The van der Waals surface area contributed by atoms with Crippen molar-refractivity contribution >= 4 is 11.3 Å². The highest BCUT2D eigenvalue weighted by molar-refractivity contribution is 5.58. The first kappa shape index (κ1) is 17.5. The summed E-state index contributed by atoms with van der Waals surface area (Å²) in [5.74, 6) is 0.701. The van der Waals surface area contributed by atoms with Crippen molar-refractivity contribution in [3.8, 4) is 0 Å². The Morgan fingerprint density at radius 3 is 2.73 bits per heavy atom. The number of aryl methyl sites for hydroxylation is 1. The molecule has 3 atom stereocenters. The second-order valence-electron chi connectivity index (χ2n) is 8.34. The van der Waals surface area contributed by atoms with Crippen molar-refractivity contribution in [2.24, 2.45) is 11.1 Å². The Bertz CT molecular complexity index is 870. The predicted octanol–water partition coefficient (Wildman–Crippen LogP) is 2.79. The minimum Gasteiger partial charge on any atom is -0.369 e. The molecule has 0 bridgehead atoms. The summed E-state index contributed by atoms with van der Waals surface area (Å²) in [5.41, 5.74) is 10.3. The molecular weight excluding hydrogens is 326 g/mol. The lowest BCUT2D eigenvalue weighted by Crippen LogP contribution is -2.56. The van der Waals surface area contributed by atoms with Crippen molar-refractivity contribution in [3.05, 3.63) is 35.8 Å². The van der Waals surface area contributed by atoms with E-state index in [9.17, 15) is 0 Å². The Morgan fingerprint density at radius 1 is 1.42 bits per heavy atom. The van der Waals surface area contributed by atoms with E-state index in [0.29, 0.717) is 5.82 Å². The number of ether oxygens (including phenoxy) is 1. The van der Waals surface area contributed by atoms with Crippen LogP contribution >= 0.6 is 0 Å². The van der Waals surface area contributed by atoms with Gasteiger partial charge in [0.1, 0.15) is 5.60 Å². The van der Waals surface area contributed by atoms with Gasteiger partial charge in [-0.25, -0.2) is 9.50 Å². The SMILES string of the molecule is C=C(C)[C@@]1(C)CCN(c2cc(C)c3nc(C4(OC)CCC4N)nn3c2)C1. The Kier molecular flexibility index (Phi) is 3.90. The summed E-state index contributed by atoms with van der Waals surface area (Å²) in [6.07, 6.45) is 5.03. The third-order valence-corrected chi connectivity index (χ3v) is 6.64. The van der Waals surface area contributed by atoms with Crippen molar-refractivity contribution in [2.45, 2.75) is 51.7 Å². The molecule has 0 amide bonds. The number of hydrogen-bond acceptors (Lipinski definition) is 5. The normalized spacial score (nSPS) is 31.4. The van der Waals surface area contributed by atoms with Crippen LogP contribution in [0, 0.1) is 12.3 Å². The molecule has 26 heavy (non-hydrogen) atoms. The zero-order valence-corrected chi connectivity index (χ0v) is 16.2. The molecule has 1 aliphatic heterocycles. The number of rotatable bonds is 4. The molecule has 1 aliphatic carbocycles. The van der Waals surface area contributed by atoms with Gasteiger partial charge in [0.2, 0.25) is 0 Å². The number of aromatic nitrogens is 3. The van der Waals surface area contributed by atoms with E-state index < -0.39 is 5.60 Å². The molecule has 2 unspecified atom stereocenters. The van der Waals surface area contributed by atoms with E-state index in [2.05, 4.69) is 44.5 Å². The summed E-state index contributed by atoms with van der Waals surface area (Å²) >= 11 is 0. The molecule has 6 heteroatoms. The van der Waals surface area contributed by atoms with Gasteiger partial charge in [-0.2, -0.15) is 0 Å². The fraction of sp³-hybridized carbons (Fsp3) is 0.600. The van der Waals surface area contributed by atoms with Gasteiger partial charge in [-0.15, -0.1) is 5.10 Å². The Morgan fingerprint density at radius 2 is 2.19 bits per heavy atom. The molecule has 1 saturated carbocycles. The number of pyridine rings is 1. The van der Waals surface area contributed by atoms with Gasteiger partial charge in [0.05, 0.1) is 11.9 Å². The molecule has 2 aliphatic rings. The summed E-state index contributed by atoms with van der Waals surface area (Å²) in [6.45, 7) is 12.7. The zero-order chi connectivity index (χ0) is 18.7. The van der Waals surface area contributed by atoms with Crippen molar-refractivity contribution in [3.63, 3.8) is 0 Å². The van der Waals surface area contributed by atoms with Crippen LogP contribution in [0.3, 0.4) is 0 Å². The molecule has 2 N–H and O–H groups in total. The van der Waals surface area contributed by atoms with Crippen molar-refractivity contribution in [1.29, 1.82) is 0 Å². The smallest absolute Gasteiger partial charge is 0.185 e. The summed E-state index contributed by atoms with van der Waals surface area (Å²) in [4.78, 5) is 7.19. The van der Waals surface area contributed by atoms with Gasteiger partial charge in [0, 0.05) is 31.7 Å². The molecule has 140 valence electrons. The predicted molar refractivity (Wildman–Crippen MR) is 103 cm³/mol. The molecule has 0 radical (unpaired) electrons. The van der Waals surface area contributed by atoms with Crippen molar-refractivity contribution in [1.82, 2.24) is 14.6 Å². The second kappa shape index (κ2) is 5.79. The number of nitrogens with zero attached hydrogens (tertiary/aromatic N) is 4. The van der Waals surface area contributed by atoms with Gasteiger partial charge >= 0.3 is 0 Å². The maximum absolute atomic E-state index is 6.22. The number of nitrogens with two attached hydrogens (primary N) is 1. The Labute approximate surface area is 155 Å². The minimum absolute atomic E-state index is 0.0421. The summed E-state index contributed by atoms with van der Waals surface area (Å²) in [5, 5.41) is 4.75.